The van der Waals surface area contributed by atoms with E-state index in [-0.39, 0.29) is 18.0 Å². The van der Waals surface area contributed by atoms with Crippen LogP contribution in [0.1, 0.15) is 58.8 Å². The lowest BCUT2D eigenvalue weighted by atomic mass is 9.71. The first kappa shape index (κ1) is 21.5. The summed E-state index contributed by atoms with van der Waals surface area (Å²) >= 11 is 0. The Hall–Kier alpha value is -2.38. The number of nitrogens with zero attached hydrogens (tertiary/aromatic N) is 2. The number of likely N-dealkylation sites (tertiary alicyclic amines) is 2. The van der Waals surface area contributed by atoms with E-state index in [1.54, 1.807) is 13.2 Å². The lowest BCUT2D eigenvalue weighted by Crippen LogP contribution is -2.47. The van der Waals surface area contributed by atoms with Crippen LogP contribution in [0.4, 0.5) is 0 Å². The topological polar surface area (TPSA) is 68.3 Å². The Bertz CT molecular complexity index is 938. The highest BCUT2D eigenvalue weighted by Crippen LogP contribution is 2.42. The Morgan fingerprint density at radius 2 is 1.75 bits per heavy atom. The molecule has 4 aliphatic heterocycles. The van der Waals surface area contributed by atoms with Crippen LogP contribution in [-0.4, -0.2) is 68.2 Å². The van der Waals surface area contributed by atoms with Gasteiger partial charge in [-0.15, -0.1) is 0 Å². The molecular formula is C25H32N2O5. The molecule has 2 fully saturated rings. The van der Waals surface area contributed by atoms with Gasteiger partial charge in [0.15, 0.2) is 0 Å². The number of esters is 2. The van der Waals surface area contributed by atoms with E-state index in [2.05, 4.69) is 16.7 Å². The molecule has 32 heavy (non-hydrogen) atoms. The van der Waals surface area contributed by atoms with Gasteiger partial charge < -0.3 is 24.0 Å². The predicted octanol–water partition coefficient (Wildman–Crippen LogP) is 2.97. The normalized spacial score (nSPS) is 23.7. The van der Waals surface area contributed by atoms with Gasteiger partial charge in [0.2, 0.25) is 0 Å². The van der Waals surface area contributed by atoms with E-state index < -0.39 is 0 Å². The summed E-state index contributed by atoms with van der Waals surface area (Å²) in [4.78, 5) is 28.1. The average molecular weight is 441 g/mol. The van der Waals surface area contributed by atoms with Crippen LogP contribution in [-0.2, 0) is 25.6 Å². The van der Waals surface area contributed by atoms with Crippen LogP contribution >= 0.6 is 0 Å². The Morgan fingerprint density at radius 3 is 2.41 bits per heavy atom. The standard InChI is InChI=1S/C25H32N2O5/c1-17-19(3-4-20-21(17)16-32-24(20)29)22(30-2)14-26-9-5-25(6-10-26)7-11-27(12-8-25)18-13-23(28)31-15-18/h3-4,13,22H,5-12,14-16H2,1-2H3. The van der Waals surface area contributed by atoms with Gasteiger partial charge in [0.1, 0.15) is 13.2 Å². The van der Waals surface area contributed by atoms with Gasteiger partial charge >= 0.3 is 11.9 Å². The Kier molecular flexibility index (Phi) is 5.72. The molecule has 7 heteroatoms. The quantitative estimate of drug-likeness (QED) is 0.652. The number of ether oxygens (including phenoxy) is 3. The zero-order valence-corrected chi connectivity index (χ0v) is 19.0. The van der Waals surface area contributed by atoms with E-state index in [0.717, 1.165) is 55.1 Å². The number of carbonyl (C=O) groups is 2. The zero-order valence-electron chi connectivity index (χ0n) is 19.0. The van der Waals surface area contributed by atoms with Crippen molar-refractivity contribution in [2.75, 3.05) is 46.4 Å². The molecule has 1 unspecified atom stereocenters. The number of benzene rings is 1. The van der Waals surface area contributed by atoms with Gasteiger partial charge in [-0.3, -0.25) is 0 Å². The molecule has 1 atom stereocenters. The van der Waals surface area contributed by atoms with Gasteiger partial charge in [0.05, 0.1) is 17.4 Å². The SMILES string of the molecule is COC(CN1CCC2(CC1)CCN(C1=CC(=O)OC1)CC2)c1ccc2c(c1C)COC2=O. The molecule has 1 aromatic rings. The number of rotatable bonds is 5. The molecule has 0 aromatic heterocycles. The highest BCUT2D eigenvalue weighted by Gasteiger charge is 2.39. The molecule has 4 aliphatic rings. The van der Waals surface area contributed by atoms with Gasteiger partial charge in [0, 0.05) is 38.4 Å². The molecule has 0 aliphatic carbocycles. The van der Waals surface area contributed by atoms with Crippen molar-refractivity contribution < 1.29 is 23.8 Å². The molecule has 1 aromatic carbocycles. The minimum Gasteiger partial charge on any atom is -0.457 e. The summed E-state index contributed by atoms with van der Waals surface area (Å²) in [5.41, 5.74) is 5.42. The molecule has 1 spiro atoms. The summed E-state index contributed by atoms with van der Waals surface area (Å²) in [5, 5.41) is 0. The fourth-order valence-corrected chi connectivity index (χ4v) is 5.78. The number of fused-ring (bicyclic) bond motifs is 1. The van der Waals surface area contributed by atoms with Gasteiger partial charge in [-0.25, -0.2) is 9.59 Å². The van der Waals surface area contributed by atoms with Gasteiger partial charge in [-0.2, -0.15) is 0 Å². The van der Waals surface area contributed by atoms with Crippen LogP contribution in [0.25, 0.3) is 0 Å². The van der Waals surface area contributed by atoms with E-state index in [4.69, 9.17) is 14.2 Å². The van der Waals surface area contributed by atoms with Crippen molar-refractivity contribution in [3.8, 4) is 0 Å². The second-order valence-corrected chi connectivity index (χ2v) is 9.64. The van der Waals surface area contributed by atoms with Crippen molar-refractivity contribution in [1.82, 2.24) is 9.80 Å². The largest absolute Gasteiger partial charge is 0.457 e. The van der Waals surface area contributed by atoms with Crippen LogP contribution in [0.15, 0.2) is 23.9 Å². The van der Waals surface area contributed by atoms with Crippen LogP contribution in [0, 0.1) is 12.3 Å². The molecule has 0 amide bonds. The maximum absolute atomic E-state index is 11.9. The first-order chi connectivity index (χ1) is 15.5. The molecule has 4 heterocycles. The second kappa shape index (κ2) is 8.52. The molecule has 0 radical (unpaired) electrons. The number of hydrogen-bond acceptors (Lipinski definition) is 7. The van der Waals surface area contributed by atoms with Crippen molar-refractivity contribution in [3.05, 3.63) is 46.2 Å². The number of hydrogen-bond donors (Lipinski definition) is 0. The van der Waals surface area contributed by atoms with E-state index >= 15 is 0 Å². The molecule has 0 N–H and O–H groups in total. The molecule has 7 nitrogen and oxygen atoms in total. The van der Waals surface area contributed by atoms with Gasteiger partial charge in [-0.05, 0) is 68.3 Å². The Balaban J connectivity index is 1.18. The average Bonchev–Trinajstić information content (AvgIpc) is 3.41. The van der Waals surface area contributed by atoms with Crippen molar-refractivity contribution >= 4 is 11.9 Å². The lowest BCUT2D eigenvalue weighted by Gasteiger charge is -2.48. The summed E-state index contributed by atoms with van der Waals surface area (Å²) in [6.45, 7) is 7.91. The zero-order chi connectivity index (χ0) is 22.3. The monoisotopic (exact) mass is 440 g/mol. The third-order valence-electron chi connectivity index (χ3n) is 8.06. The first-order valence-electron chi connectivity index (χ1n) is 11.6. The smallest absolute Gasteiger partial charge is 0.338 e. The summed E-state index contributed by atoms with van der Waals surface area (Å²) in [6, 6.07) is 3.92. The van der Waals surface area contributed by atoms with E-state index in [0.29, 0.717) is 24.2 Å². The molecule has 0 saturated carbocycles. The highest BCUT2D eigenvalue weighted by atomic mass is 16.5. The van der Waals surface area contributed by atoms with Gasteiger partial charge in [-0.1, -0.05) is 6.07 Å². The van der Waals surface area contributed by atoms with Crippen LogP contribution in [0.3, 0.4) is 0 Å². The van der Waals surface area contributed by atoms with Crippen molar-refractivity contribution in [3.63, 3.8) is 0 Å². The molecular weight excluding hydrogens is 408 g/mol. The van der Waals surface area contributed by atoms with Crippen molar-refractivity contribution in [2.45, 2.75) is 45.3 Å². The maximum Gasteiger partial charge on any atom is 0.338 e. The number of cyclic esters (lactones) is 2. The Labute approximate surface area is 189 Å². The first-order valence-corrected chi connectivity index (χ1v) is 11.6. The van der Waals surface area contributed by atoms with Crippen LogP contribution < -0.4 is 0 Å². The maximum atomic E-state index is 11.9. The lowest BCUT2D eigenvalue weighted by molar-refractivity contribution is -0.135. The summed E-state index contributed by atoms with van der Waals surface area (Å²) in [5.74, 6) is -0.432. The fraction of sp³-hybridized carbons (Fsp3) is 0.600. The highest BCUT2D eigenvalue weighted by molar-refractivity contribution is 5.94. The summed E-state index contributed by atoms with van der Waals surface area (Å²) < 4.78 is 16.2. The van der Waals surface area contributed by atoms with E-state index in [1.807, 2.05) is 12.1 Å². The minimum absolute atomic E-state index is 0.0151. The number of piperidine rings is 2. The Morgan fingerprint density at radius 1 is 1.03 bits per heavy atom. The minimum atomic E-state index is -0.223. The molecule has 172 valence electrons. The molecule has 2 saturated heterocycles. The third kappa shape index (κ3) is 3.92. The number of carbonyl (C=O) groups excluding carboxylic acids is 2. The van der Waals surface area contributed by atoms with Crippen molar-refractivity contribution in [1.29, 1.82) is 0 Å². The van der Waals surface area contributed by atoms with Gasteiger partial charge in [0.25, 0.3) is 0 Å². The molecule has 0 bridgehead atoms. The van der Waals surface area contributed by atoms with Crippen LogP contribution in [0.2, 0.25) is 0 Å². The number of methoxy groups -OCH3 is 1. The summed E-state index contributed by atoms with van der Waals surface area (Å²) in [6.07, 6.45) is 6.40. The molecule has 5 rings (SSSR count). The second-order valence-electron chi connectivity index (χ2n) is 9.64. The summed E-state index contributed by atoms with van der Waals surface area (Å²) in [7, 11) is 1.77. The third-order valence-corrected chi connectivity index (χ3v) is 8.06. The predicted molar refractivity (Wildman–Crippen MR) is 118 cm³/mol. The van der Waals surface area contributed by atoms with E-state index in [9.17, 15) is 9.59 Å². The van der Waals surface area contributed by atoms with E-state index in [1.165, 1.54) is 25.7 Å². The van der Waals surface area contributed by atoms with Crippen LogP contribution in [0.5, 0.6) is 0 Å². The van der Waals surface area contributed by atoms with Crippen molar-refractivity contribution in [2.24, 2.45) is 5.41 Å². The fourth-order valence-electron chi connectivity index (χ4n) is 5.78.